The van der Waals surface area contributed by atoms with Crippen LogP contribution >= 0.6 is 0 Å². The normalized spacial score (nSPS) is 14.6. The molecule has 2 heterocycles. The average Bonchev–Trinajstić information content (AvgIpc) is 2.73. The Balaban J connectivity index is 1.49. The molecule has 1 fully saturated rings. The van der Waals surface area contributed by atoms with Crippen LogP contribution < -0.4 is 9.47 Å². The highest BCUT2D eigenvalue weighted by molar-refractivity contribution is 5.44. The largest absolute Gasteiger partial charge is 0.371 e. The van der Waals surface area contributed by atoms with E-state index in [2.05, 4.69) is 83.9 Å². The summed E-state index contributed by atoms with van der Waals surface area (Å²) in [5.41, 5.74) is 3.80. The highest BCUT2D eigenvalue weighted by atomic mass is 15.1. The summed E-state index contributed by atoms with van der Waals surface area (Å²) in [6, 6.07) is 13.2. The summed E-state index contributed by atoms with van der Waals surface area (Å²) < 4.78 is 2.25. The molecule has 1 saturated heterocycles. The molecule has 0 bridgehead atoms. The van der Waals surface area contributed by atoms with Crippen LogP contribution in [0.4, 0.5) is 5.69 Å². The molecule has 0 aliphatic carbocycles. The van der Waals surface area contributed by atoms with Crippen molar-refractivity contribution in [3.05, 3.63) is 59.9 Å². The van der Waals surface area contributed by atoms with Crippen LogP contribution in [0.5, 0.6) is 0 Å². The van der Waals surface area contributed by atoms with Crippen LogP contribution in [0.2, 0.25) is 0 Å². The Hall–Kier alpha value is -2.27. The third-order valence-corrected chi connectivity index (χ3v) is 5.73. The van der Waals surface area contributed by atoms with E-state index in [0.717, 1.165) is 24.4 Å². The smallest absolute Gasteiger partial charge is 0.173 e. The number of anilines is 1. The zero-order valence-corrected chi connectivity index (χ0v) is 17.7. The van der Waals surface area contributed by atoms with E-state index in [-0.39, 0.29) is 0 Å². The lowest BCUT2D eigenvalue weighted by atomic mass is 9.99. The molecule has 1 aromatic heterocycles. The predicted molar refractivity (Wildman–Crippen MR) is 118 cm³/mol. The molecule has 0 unspecified atom stereocenters. The monoisotopic (exact) mass is 375 g/mol. The molecule has 0 N–H and O–H groups in total. The van der Waals surface area contributed by atoms with E-state index in [4.69, 9.17) is 0 Å². The maximum atomic E-state index is 3.31. The van der Waals surface area contributed by atoms with Crippen LogP contribution in [0.25, 0.3) is 0 Å². The second-order valence-corrected chi connectivity index (χ2v) is 8.21. The van der Waals surface area contributed by atoms with Gasteiger partial charge in [0.15, 0.2) is 18.9 Å². The molecule has 148 valence electrons. The fourth-order valence-electron chi connectivity index (χ4n) is 3.74. The number of piperidine rings is 1. The summed E-state index contributed by atoms with van der Waals surface area (Å²) in [5, 5.41) is 0. The molecular formula is C26H35N2+. The molecule has 1 aliphatic rings. The number of aromatic nitrogens is 1. The van der Waals surface area contributed by atoms with Gasteiger partial charge in [0.25, 0.3) is 0 Å². The number of pyridine rings is 1. The molecule has 0 amide bonds. The van der Waals surface area contributed by atoms with Crippen LogP contribution in [0.1, 0.15) is 69.9 Å². The van der Waals surface area contributed by atoms with Crippen molar-refractivity contribution in [2.24, 2.45) is 5.92 Å². The molecule has 2 heteroatoms. The molecule has 3 rings (SSSR count). The number of benzene rings is 1. The van der Waals surface area contributed by atoms with E-state index >= 15 is 0 Å². The highest BCUT2D eigenvalue weighted by Gasteiger charge is 2.16. The van der Waals surface area contributed by atoms with Gasteiger partial charge in [-0.2, -0.15) is 0 Å². The summed E-state index contributed by atoms with van der Waals surface area (Å²) >= 11 is 0. The Kier molecular flexibility index (Phi) is 7.97. The Morgan fingerprint density at radius 3 is 2.36 bits per heavy atom. The Bertz CT molecular complexity index is 757. The number of nitrogens with zero attached hydrogens (tertiary/aromatic N) is 2. The molecule has 0 spiro atoms. The Labute approximate surface area is 171 Å². The molecule has 28 heavy (non-hydrogen) atoms. The first kappa shape index (κ1) is 20.5. The summed E-state index contributed by atoms with van der Waals surface area (Å²) in [5.74, 6) is 7.48. The first-order valence-electron chi connectivity index (χ1n) is 11.1. The lowest BCUT2D eigenvalue weighted by Crippen LogP contribution is -2.36. The van der Waals surface area contributed by atoms with Crippen LogP contribution in [0, 0.1) is 17.8 Å². The van der Waals surface area contributed by atoms with E-state index in [0.29, 0.717) is 0 Å². The SMILES string of the molecule is CCCCCCC#Cc1ccc(C[n+]2ccc(N3CCC(C)CC3)cc2)cc1. The molecule has 2 aromatic rings. The van der Waals surface area contributed by atoms with Crippen LogP contribution in [0.3, 0.4) is 0 Å². The third kappa shape index (κ3) is 6.41. The fraction of sp³-hybridized carbons (Fsp3) is 0.500. The van der Waals surface area contributed by atoms with Gasteiger partial charge in [0.1, 0.15) is 0 Å². The highest BCUT2D eigenvalue weighted by Crippen LogP contribution is 2.21. The number of rotatable bonds is 7. The minimum absolute atomic E-state index is 0.874. The lowest BCUT2D eigenvalue weighted by Gasteiger charge is -2.31. The van der Waals surface area contributed by atoms with Crippen LogP contribution in [-0.4, -0.2) is 13.1 Å². The molecule has 0 radical (unpaired) electrons. The number of hydrogen-bond donors (Lipinski definition) is 0. The van der Waals surface area contributed by atoms with E-state index in [9.17, 15) is 0 Å². The van der Waals surface area contributed by atoms with E-state index < -0.39 is 0 Å². The zero-order chi connectivity index (χ0) is 19.6. The van der Waals surface area contributed by atoms with E-state index in [1.807, 2.05) is 0 Å². The van der Waals surface area contributed by atoms with E-state index in [1.54, 1.807) is 0 Å². The standard InChI is InChI=1S/C26H35N2/c1-3-4-5-6-7-8-9-24-10-12-25(13-11-24)22-27-18-16-26(17-19-27)28-20-14-23(2)15-21-28/h10-13,16-19,23H,3-7,14-15,20-22H2,1-2H3/q+1. The van der Waals surface area contributed by atoms with Crippen molar-refractivity contribution in [3.63, 3.8) is 0 Å². The summed E-state index contributed by atoms with van der Waals surface area (Å²) in [6.45, 7) is 7.89. The molecule has 1 aromatic carbocycles. The van der Waals surface area contributed by atoms with Gasteiger partial charge in [-0.05, 0) is 37.3 Å². The summed E-state index contributed by atoms with van der Waals surface area (Å²) in [7, 11) is 0. The minimum Gasteiger partial charge on any atom is -0.371 e. The van der Waals surface area contributed by atoms with Gasteiger partial charge in [-0.25, -0.2) is 4.57 Å². The molecule has 2 nitrogen and oxygen atoms in total. The number of unbranched alkanes of at least 4 members (excludes halogenated alkanes) is 4. The van der Waals surface area contributed by atoms with Crippen LogP contribution in [-0.2, 0) is 6.54 Å². The second kappa shape index (κ2) is 10.9. The van der Waals surface area contributed by atoms with Gasteiger partial charge < -0.3 is 4.90 Å². The summed E-state index contributed by atoms with van der Waals surface area (Å²) in [6.07, 6.45) is 13.2. The first-order chi connectivity index (χ1) is 13.7. The molecule has 1 aliphatic heterocycles. The van der Waals surface area contributed by atoms with Gasteiger partial charge in [0, 0.05) is 48.5 Å². The van der Waals surface area contributed by atoms with Crippen molar-refractivity contribution < 1.29 is 4.57 Å². The van der Waals surface area contributed by atoms with Crippen molar-refractivity contribution >= 4 is 5.69 Å². The van der Waals surface area contributed by atoms with Gasteiger partial charge in [-0.1, -0.05) is 57.1 Å². The van der Waals surface area contributed by atoms with Crippen molar-refractivity contribution in [1.82, 2.24) is 0 Å². The Morgan fingerprint density at radius 2 is 1.68 bits per heavy atom. The van der Waals surface area contributed by atoms with Crippen LogP contribution in [0.15, 0.2) is 48.8 Å². The minimum atomic E-state index is 0.874. The first-order valence-corrected chi connectivity index (χ1v) is 11.1. The van der Waals surface area contributed by atoms with Crippen molar-refractivity contribution in [3.8, 4) is 11.8 Å². The van der Waals surface area contributed by atoms with Gasteiger partial charge in [0.05, 0.1) is 0 Å². The third-order valence-electron chi connectivity index (χ3n) is 5.73. The molecular weight excluding hydrogens is 340 g/mol. The number of hydrogen-bond acceptors (Lipinski definition) is 1. The topological polar surface area (TPSA) is 7.12 Å². The average molecular weight is 376 g/mol. The summed E-state index contributed by atoms with van der Waals surface area (Å²) in [4.78, 5) is 2.51. The predicted octanol–water partition coefficient (Wildman–Crippen LogP) is 5.58. The van der Waals surface area contributed by atoms with Crippen molar-refractivity contribution in [1.29, 1.82) is 0 Å². The molecule has 0 saturated carbocycles. The van der Waals surface area contributed by atoms with Gasteiger partial charge in [0.2, 0.25) is 0 Å². The van der Waals surface area contributed by atoms with Gasteiger partial charge in [-0.15, -0.1) is 0 Å². The maximum absolute atomic E-state index is 3.31. The second-order valence-electron chi connectivity index (χ2n) is 8.21. The van der Waals surface area contributed by atoms with Crippen molar-refractivity contribution in [2.45, 2.75) is 65.3 Å². The zero-order valence-electron chi connectivity index (χ0n) is 17.7. The Morgan fingerprint density at radius 1 is 0.964 bits per heavy atom. The lowest BCUT2D eigenvalue weighted by molar-refractivity contribution is -0.688. The quantitative estimate of drug-likeness (QED) is 0.348. The van der Waals surface area contributed by atoms with Gasteiger partial charge in [-0.3, -0.25) is 0 Å². The molecule has 0 atom stereocenters. The van der Waals surface area contributed by atoms with Crippen molar-refractivity contribution in [2.75, 3.05) is 18.0 Å². The van der Waals surface area contributed by atoms with E-state index in [1.165, 1.54) is 62.9 Å². The van der Waals surface area contributed by atoms with Gasteiger partial charge >= 0.3 is 0 Å². The maximum Gasteiger partial charge on any atom is 0.173 e. The fourth-order valence-corrected chi connectivity index (χ4v) is 3.74.